The molecule has 1 aliphatic carbocycles. The molecule has 3 aromatic rings. The van der Waals surface area contributed by atoms with Crippen LogP contribution in [-0.2, 0) is 17.4 Å². The smallest absolute Gasteiger partial charge is 0.418 e. The molecule has 0 saturated carbocycles. The zero-order valence-electron chi connectivity index (χ0n) is 16.4. The number of carbonyl (C=O) groups excluding carboxylic acids is 1. The van der Waals surface area contributed by atoms with Crippen molar-refractivity contribution in [1.29, 1.82) is 0 Å². The average molecular weight is 425 g/mol. The lowest BCUT2D eigenvalue weighted by atomic mass is 9.80. The van der Waals surface area contributed by atoms with Gasteiger partial charge in [0.05, 0.1) is 17.7 Å². The number of aromatic nitrogens is 2. The zero-order valence-corrected chi connectivity index (χ0v) is 16.4. The molecule has 8 heteroatoms. The Labute approximate surface area is 175 Å². The number of para-hydroxylation sites is 2. The number of rotatable bonds is 3. The van der Waals surface area contributed by atoms with Crippen LogP contribution >= 0.6 is 0 Å². The van der Waals surface area contributed by atoms with Crippen LogP contribution in [0.3, 0.4) is 0 Å². The number of hydrogen-bond donors (Lipinski definition) is 0. The number of pyridine rings is 1. The summed E-state index contributed by atoms with van der Waals surface area (Å²) in [5.41, 5.74) is 2.12. The van der Waals surface area contributed by atoms with Crippen LogP contribution in [0.15, 0.2) is 63.2 Å². The van der Waals surface area contributed by atoms with E-state index in [0.717, 1.165) is 11.6 Å². The van der Waals surface area contributed by atoms with Crippen LogP contribution in [0.25, 0.3) is 11.1 Å². The number of fused-ring (bicyclic) bond motifs is 1. The van der Waals surface area contributed by atoms with Crippen LogP contribution in [0.5, 0.6) is 0 Å². The second-order valence-electron chi connectivity index (χ2n) is 7.75. The first-order chi connectivity index (χ1) is 14.9. The number of oxazole rings is 1. The summed E-state index contributed by atoms with van der Waals surface area (Å²) >= 11 is 0. The number of aliphatic imine (C=N–C) groups is 1. The molecule has 158 valence electrons. The predicted octanol–water partition coefficient (Wildman–Crippen LogP) is 5.42. The SMILES string of the molecule is O=C1CCCC2=C1C(c1ncccc1C(F)(F)F)N=C(Cc1nc3ccccc3o1)C2. The van der Waals surface area contributed by atoms with Crippen molar-refractivity contribution in [3.63, 3.8) is 0 Å². The normalized spacial score (nSPS) is 19.5. The van der Waals surface area contributed by atoms with Crippen molar-refractivity contribution in [2.75, 3.05) is 0 Å². The van der Waals surface area contributed by atoms with E-state index in [0.29, 0.717) is 54.0 Å². The van der Waals surface area contributed by atoms with E-state index in [2.05, 4.69) is 15.0 Å². The maximum absolute atomic E-state index is 13.7. The van der Waals surface area contributed by atoms with Gasteiger partial charge in [0.2, 0.25) is 5.89 Å². The minimum Gasteiger partial charge on any atom is -0.440 e. The summed E-state index contributed by atoms with van der Waals surface area (Å²) < 4.78 is 46.8. The molecule has 1 atom stereocenters. The van der Waals surface area contributed by atoms with Gasteiger partial charge >= 0.3 is 6.18 Å². The number of Topliss-reactive ketones (excluding diaryl/α,β-unsaturated/α-hetero) is 1. The summed E-state index contributed by atoms with van der Waals surface area (Å²) in [6.45, 7) is 0. The van der Waals surface area contributed by atoms with Crippen molar-refractivity contribution in [3.05, 3.63) is 70.9 Å². The summed E-state index contributed by atoms with van der Waals surface area (Å²) in [5.74, 6) is 0.302. The van der Waals surface area contributed by atoms with E-state index in [-0.39, 0.29) is 17.9 Å². The van der Waals surface area contributed by atoms with Crippen molar-refractivity contribution >= 4 is 22.6 Å². The highest BCUT2D eigenvalue weighted by Crippen LogP contribution is 2.43. The molecule has 3 heterocycles. The third-order valence-corrected chi connectivity index (χ3v) is 5.66. The van der Waals surface area contributed by atoms with Crippen molar-refractivity contribution < 1.29 is 22.4 Å². The molecular formula is C23H18F3N3O2. The maximum atomic E-state index is 13.7. The number of benzene rings is 1. The Morgan fingerprint density at radius 2 is 1.94 bits per heavy atom. The van der Waals surface area contributed by atoms with E-state index in [9.17, 15) is 18.0 Å². The molecular weight excluding hydrogens is 407 g/mol. The van der Waals surface area contributed by atoms with Crippen LogP contribution in [-0.4, -0.2) is 21.5 Å². The number of nitrogens with zero attached hydrogens (tertiary/aromatic N) is 3. The van der Waals surface area contributed by atoms with E-state index in [1.807, 2.05) is 18.2 Å². The minimum atomic E-state index is -4.59. The van der Waals surface area contributed by atoms with Gasteiger partial charge in [-0.05, 0) is 37.1 Å². The Balaban J connectivity index is 1.58. The van der Waals surface area contributed by atoms with Gasteiger partial charge in [-0.15, -0.1) is 0 Å². The lowest BCUT2D eigenvalue weighted by molar-refractivity contribution is -0.138. The second kappa shape index (κ2) is 7.44. The third-order valence-electron chi connectivity index (χ3n) is 5.66. The first-order valence-corrected chi connectivity index (χ1v) is 10.1. The van der Waals surface area contributed by atoms with Crippen molar-refractivity contribution in [2.24, 2.45) is 4.99 Å². The van der Waals surface area contributed by atoms with Gasteiger partial charge in [0, 0.05) is 30.3 Å². The van der Waals surface area contributed by atoms with Gasteiger partial charge < -0.3 is 4.42 Å². The lowest BCUT2D eigenvalue weighted by Gasteiger charge is -2.30. The summed E-state index contributed by atoms with van der Waals surface area (Å²) in [5, 5.41) is 0. The van der Waals surface area contributed by atoms with Crippen LogP contribution in [0.1, 0.15) is 48.9 Å². The quantitative estimate of drug-likeness (QED) is 0.562. The molecule has 31 heavy (non-hydrogen) atoms. The molecule has 2 aliphatic rings. The highest BCUT2D eigenvalue weighted by Gasteiger charge is 2.40. The topological polar surface area (TPSA) is 68.3 Å². The van der Waals surface area contributed by atoms with E-state index < -0.39 is 17.8 Å². The molecule has 0 saturated heterocycles. The number of halogens is 3. The number of dihydropyridines is 1. The van der Waals surface area contributed by atoms with Gasteiger partial charge in [-0.25, -0.2) is 4.98 Å². The number of ketones is 1. The monoisotopic (exact) mass is 425 g/mol. The fourth-order valence-corrected chi connectivity index (χ4v) is 4.35. The first-order valence-electron chi connectivity index (χ1n) is 10.1. The van der Waals surface area contributed by atoms with E-state index in [1.165, 1.54) is 12.3 Å². The molecule has 0 bridgehead atoms. The molecule has 1 aromatic carbocycles. The standard InChI is InChI=1S/C23H18F3N3O2/c24-23(25,26)15-6-4-10-27-21(15)22-20-13(5-3-8-17(20)30)11-14(28-22)12-19-29-16-7-1-2-9-18(16)31-19/h1-2,4,6-7,9-10,22H,3,5,8,11-12H2. The van der Waals surface area contributed by atoms with E-state index >= 15 is 0 Å². The maximum Gasteiger partial charge on any atom is 0.418 e. The average Bonchev–Trinajstić information content (AvgIpc) is 3.15. The number of hydrogen-bond acceptors (Lipinski definition) is 5. The Morgan fingerprint density at radius 3 is 2.74 bits per heavy atom. The predicted molar refractivity (Wildman–Crippen MR) is 108 cm³/mol. The minimum absolute atomic E-state index is 0.144. The highest BCUT2D eigenvalue weighted by molar-refractivity contribution is 6.02. The first kappa shape index (κ1) is 19.7. The molecule has 2 aromatic heterocycles. The summed E-state index contributed by atoms with van der Waals surface area (Å²) in [6, 6.07) is 8.51. The van der Waals surface area contributed by atoms with Gasteiger partial charge in [0.15, 0.2) is 11.4 Å². The van der Waals surface area contributed by atoms with Crippen molar-refractivity contribution in [2.45, 2.75) is 44.3 Å². The molecule has 0 amide bonds. The van der Waals surface area contributed by atoms with Crippen LogP contribution < -0.4 is 0 Å². The second-order valence-corrected chi connectivity index (χ2v) is 7.75. The van der Waals surface area contributed by atoms with Gasteiger partial charge in [-0.1, -0.05) is 17.7 Å². The molecule has 1 aliphatic heterocycles. The van der Waals surface area contributed by atoms with Gasteiger partial charge in [-0.2, -0.15) is 13.2 Å². The number of allylic oxidation sites excluding steroid dienone is 1. The molecule has 0 fully saturated rings. The molecule has 1 unspecified atom stereocenters. The zero-order chi connectivity index (χ0) is 21.6. The lowest BCUT2D eigenvalue weighted by Crippen LogP contribution is -2.26. The Morgan fingerprint density at radius 1 is 1.10 bits per heavy atom. The molecule has 5 rings (SSSR count). The summed E-state index contributed by atoms with van der Waals surface area (Å²) in [6.07, 6.45) is -0.903. The molecule has 0 radical (unpaired) electrons. The van der Waals surface area contributed by atoms with E-state index in [4.69, 9.17) is 4.42 Å². The fourth-order valence-electron chi connectivity index (χ4n) is 4.35. The summed E-state index contributed by atoms with van der Waals surface area (Å²) in [7, 11) is 0. The Bertz CT molecular complexity index is 1210. The molecule has 0 N–H and O–H groups in total. The highest BCUT2D eigenvalue weighted by atomic mass is 19.4. The van der Waals surface area contributed by atoms with Crippen LogP contribution in [0.2, 0.25) is 0 Å². The van der Waals surface area contributed by atoms with E-state index in [1.54, 1.807) is 6.07 Å². The molecule has 0 spiro atoms. The van der Waals surface area contributed by atoms with Crippen molar-refractivity contribution in [1.82, 2.24) is 9.97 Å². The van der Waals surface area contributed by atoms with Gasteiger partial charge in [0.1, 0.15) is 11.6 Å². The largest absolute Gasteiger partial charge is 0.440 e. The number of carbonyl (C=O) groups is 1. The number of alkyl halides is 3. The Kier molecular flexibility index (Phi) is 4.72. The van der Waals surface area contributed by atoms with Crippen LogP contribution in [0.4, 0.5) is 13.2 Å². The van der Waals surface area contributed by atoms with Crippen LogP contribution in [0, 0.1) is 0 Å². The van der Waals surface area contributed by atoms with Gasteiger partial charge in [-0.3, -0.25) is 14.8 Å². The molecule has 5 nitrogen and oxygen atoms in total. The fraction of sp³-hybridized carbons (Fsp3) is 0.304. The van der Waals surface area contributed by atoms with Crippen molar-refractivity contribution in [3.8, 4) is 0 Å². The van der Waals surface area contributed by atoms with Gasteiger partial charge in [0.25, 0.3) is 0 Å². The summed E-state index contributed by atoms with van der Waals surface area (Å²) in [4.78, 5) is 25.8. The Hall–Kier alpha value is -3.29. The third kappa shape index (κ3) is 3.66.